The van der Waals surface area contributed by atoms with Crippen molar-refractivity contribution in [1.82, 2.24) is 20.3 Å². The van der Waals surface area contributed by atoms with Gasteiger partial charge in [0.1, 0.15) is 0 Å². The normalized spacial score (nSPS) is 10.9. The van der Waals surface area contributed by atoms with Crippen molar-refractivity contribution in [3.8, 4) is 0 Å². The number of aryl methyl sites for hydroxylation is 3. The lowest BCUT2D eigenvalue weighted by Gasteiger charge is -2.12. The Kier molecular flexibility index (Phi) is 2.74. The van der Waals surface area contributed by atoms with Crippen LogP contribution in [0.2, 0.25) is 0 Å². The van der Waals surface area contributed by atoms with Crippen molar-refractivity contribution >= 4 is 22.8 Å². The second kappa shape index (κ2) is 4.44. The number of nitrogens with one attached hydrogen (secondary N) is 2. The van der Waals surface area contributed by atoms with Gasteiger partial charge in [-0.05, 0) is 42.2 Å². The molecule has 7 nitrogen and oxygen atoms in total. The van der Waals surface area contributed by atoms with Crippen molar-refractivity contribution in [2.45, 2.75) is 20.8 Å². The Hall–Kier alpha value is -2.70. The molecule has 2 aromatic heterocycles. The van der Waals surface area contributed by atoms with E-state index in [0.717, 1.165) is 16.8 Å². The molecule has 102 valence electrons. The Labute approximate surface area is 114 Å². The van der Waals surface area contributed by atoms with Crippen molar-refractivity contribution in [3.05, 3.63) is 39.2 Å². The van der Waals surface area contributed by atoms with Gasteiger partial charge in [-0.15, -0.1) is 0 Å². The van der Waals surface area contributed by atoms with Crippen LogP contribution in [-0.4, -0.2) is 20.3 Å². The van der Waals surface area contributed by atoms with Gasteiger partial charge in [-0.1, -0.05) is 17.7 Å². The number of rotatable bonds is 2. The molecule has 0 saturated heterocycles. The fraction of sp³-hybridized carbons (Fsp3) is 0.231. The molecule has 0 aliphatic carbocycles. The van der Waals surface area contributed by atoms with Crippen LogP contribution in [0.3, 0.4) is 0 Å². The number of hydrogen-bond acceptors (Lipinski definition) is 6. The number of hydrogen-bond donors (Lipinski definition) is 2. The molecule has 0 fully saturated rings. The smallest absolute Gasteiger partial charge is 0.292 e. The summed E-state index contributed by atoms with van der Waals surface area (Å²) in [5, 5.41) is 10.2. The number of aromatic nitrogens is 4. The zero-order chi connectivity index (χ0) is 14.3. The SMILES string of the molecule is Cc1cc(C)c(Nc2nc3nonc3[nH]c2=O)c(C)c1. The molecule has 0 spiro atoms. The van der Waals surface area contributed by atoms with Crippen LogP contribution in [-0.2, 0) is 0 Å². The summed E-state index contributed by atoms with van der Waals surface area (Å²) in [7, 11) is 0. The van der Waals surface area contributed by atoms with Gasteiger partial charge < -0.3 is 5.32 Å². The lowest BCUT2D eigenvalue weighted by Crippen LogP contribution is -2.14. The maximum Gasteiger partial charge on any atom is 0.292 e. The monoisotopic (exact) mass is 271 g/mol. The van der Waals surface area contributed by atoms with Gasteiger partial charge in [-0.2, -0.15) is 4.98 Å². The molecule has 0 unspecified atom stereocenters. The Morgan fingerprint density at radius 3 is 2.55 bits per heavy atom. The number of anilines is 2. The molecule has 20 heavy (non-hydrogen) atoms. The highest BCUT2D eigenvalue weighted by Crippen LogP contribution is 2.24. The Bertz CT molecular complexity index is 826. The Balaban J connectivity index is 2.09. The molecule has 0 aliphatic rings. The molecule has 3 aromatic rings. The second-order valence-electron chi connectivity index (χ2n) is 4.75. The fourth-order valence-corrected chi connectivity index (χ4v) is 2.24. The maximum atomic E-state index is 11.9. The molecule has 2 heterocycles. The molecule has 0 atom stereocenters. The van der Waals surface area contributed by atoms with Crippen LogP contribution in [0.4, 0.5) is 11.5 Å². The van der Waals surface area contributed by atoms with Gasteiger partial charge in [0.05, 0.1) is 0 Å². The minimum Gasteiger partial charge on any atom is -0.335 e. The van der Waals surface area contributed by atoms with Crippen LogP contribution in [0.5, 0.6) is 0 Å². The summed E-state index contributed by atoms with van der Waals surface area (Å²) < 4.78 is 4.53. The predicted octanol–water partition coefficient (Wildman–Crippen LogP) is 1.97. The number of H-pyrrole nitrogens is 1. The van der Waals surface area contributed by atoms with Crippen LogP contribution >= 0.6 is 0 Å². The van der Waals surface area contributed by atoms with Gasteiger partial charge in [0, 0.05) is 5.69 Å². The minimum absolute atomic E-state index is 0.170. The van der Waals surface area contributed by atoms with E-state index in [1.165, 1.54) is 5.56 Å². The molecule has 2 N–H and O–H groups in total. The minimum atomic E-state index is -0.368. The Morgan fingerprint density at radius 2 is 1.85 bits per heavy atom. The van der Waals surface area contributed by atoms with E-state index in [2.05, 4.69) is 30.2 Å². The van der Waals surface area contributed by atoms with E-state index in [4.69, 9.17) is 0 Å². The standard InChI is InChI=1S/C13H13N5O2/c1-6-4-7(2)9(8(3)5-6)14-12-13(19)16-11-10(15-12)17-20-18-11/h4-5H,1-3H3,(H,14,15,17)(H,16,18,19). The van der Waals surface area contributed by atoms with Gasteiger partial charge in [0.25, 0.3) is 5.56 Å². The van der Waals surface area contributed by atoms with Gasteiger partial charge in [0.2, 0.25) is 11.3 Å². The van der Waals surface area contributed by atoms with E-state index >= 15 is 0 Å². The predicted molar refractivity (Wildman–Crippen MR) is 74.2 cm³/mol. The van der Waals surface area contributed by atoms with E-state index in [9.17, 15) is 4.79 Å². The van der Waals surface area contributed by atoms with Crippen molar-refractivity contribution in [2.75, 3.05) is 5.32 Å². The first-order valence-corrected chi connectivity index (χ1v) is 6.12. The zero-order valence-electron chi connectivity index (χ0n) is 11.3. The van der Waals surface area contributed by atoms with Crippen LogP contribution in [0, 0.1) is 20.8 Å². The van der Waals surface area contributed by atoms with Crippen molar-refractivity contribution < 1.29 is 4.63 Å². The maximum absolute atomic E-state index is 11.9. The summed E-state index contributed by atoms with van der Waals surface area (Å²) in [6.45, 7) is 5.99. The van der Waals surface area contributed by atoms with Crippen LogP contribution in [0.15, 0.2) is 21.6 Å². The quantitative estimate of drug-likeness (QED) is 0.739. The number of nitrogens with zero attached hydrogens (tertiary/aromatic N) is 3. The van der Waals surface area contributed by atoms with E-state index < -0.39 is 0 Å². The molecule has 0 saturated carbocycles. The third kappa shape index (κ3) is 2.03. The largest absolute Gasteiger partial charge is 0.335 e. The van der Waals surface area contributed by atoms with Gasteiger partial charge in [0.15, 0.2) is 5.82 Å². The molecule has 3 rings (SSSR count). The first-order valence-electron chi connectivity index (χ1n) is 6.12. The lowest BCUT2D eigenvalue weighted by molar-refractivity contribution is 0.314. The van der Waals surface area contributed by atoms with E-state index in [-0.39, 0.29) is 22.7 Å². The molecule has 0 amide bonds. The van der Waals surface area contributed by atoms with E-state index in [1.54, 1.807) is 0 Å². The summed E-state index contributed by atoms with van der Waals surface area (Å²) in [5.74, 6) is 0.170. The van der Waals surface area contributed by atoms with Crippen LogP contribution in [0.1, 0.15) is 16.7 Å². The van der Waals surface area contributed by atoms with Gasteiger partial charge >= 0.3 is 0 Å². The van der Waals surface area contributed by atoms with Gasteiger partial charge in [-0.3, -0.25) is 9.78 Å². The highest BCUT2D eigenvalue weighted by atomic mass is 16.6. The highest BCUT2D eigenvalue weighted by Gasteiger charge is 2.11. The van der Waals surface area contributed by atoms with Crippen molar-refractivity contribution in [3.63, 3.8) is 0 Å². The zero-order valence-corrected chi connectivity index (χ0v) is 11.3. The van der Waals surface area contributed by atoms with Crippen LogP contribution < -0.4 is 10.9 Å². The van der Waals surface area contributed by atoms with Crippen molar-refractivity contribution in [2.24, 2.45) is 0 Å². The first kappa shape index (κ1) is 12.3. The molecule has 0 aliphatic heterocycles. The Morgan fingerprint density at radius 1 is 1.15 bits per heavy atom. The molecule has 0 bridgehead atoms. The third-order valence-corrected chi connectivity index (χ3v) is 3.06. The van der Waals surface area contributed by atoms with Gasteiger partial charge in [-0.25, -0.2) is 4.63 Å². The highest BCUT2D eigenvalue weighted by molar-refractivity contribution is 5.69. The topological polar surface area (TPSA) is 96.7 Å². The van der Waals surface area contributed by atoms with Crippen LogP contribution in [0.25, 0.3) is 11.3 Å². The molecule has 7 heteroatoms. The summed E-state index contributed by atoms with van der Waals surface area (Å²) in [5.41, 5.74) is 4.25. The molecule has 1 aromatic carbocycles. The summed E-state index contributed by atoms with van der Waals surface area (Å²) >= 11 is 0. The number of benzene rings is 1. The van der Waals surface area contributed by atoms with E-state index in [0.29, 0.717) is 0 Å². The van der Waals surface area contributed by atoms with E-state index in [1.807, 2.05) is 32.9 Å². The van der Waals surface area contributed by atoms with Crippen molar-refractivity contribution in [1.29, 1.82) is 0 Å². The molecular weight excluding hydrogens is 258 g/mol. The number of fused-ring (bicyclic) bond motifs is 1. The average molecular weight is 271 g/mol. The lowest BCUT2D eigenvalue weighted by atomic mass is 10.1. The summed E-state index contributed by atoms with van der Waals surface area (Å²) in [6, 6.07) is 4.08. The first-order chi connectivity index (χ1) is 9.54. The number of aromatic amines is 1. The fourth-order valence-electron chi connectivity index (χ4n) is 2.24. The second-order valence-corrected chi connectivity index (χ2v) is 4.75. The summed E-state index contributed by atoms with van der Waals surface area (Å²) in [4.78, 5) is 18.6. The third-order valence-electron chi connectivity index (χ3n) is 3.06. The molecular formula is C13H13N5O2. The molecule has 0 radical (unpaired) electrons. The average Bonchev–Trinajstić information content (AvgIpc) is 2.80. The summed E-state index contributed by atoms with van der Waals surface area (Å²) in [6.07, 6.45) is 0.